The normalized spacial score (nSPS) is 12.2. The number of aryl methyl sites for hydroxylation is 2. The van der Waals surface area contributed by atoms with Gasteiger partial charge in [0.15, 0.2) is 0 Å². The Morgan fingerprint density at radius 3 is 2.15 bits per heavy atom. The summed E-state index contributed by atoms with van der Waals surface area (Å²) in [5.74, 6) is -0.486. The SMILES string of the molecule is O=P(O)(O)CCCNCc1ccc(CCCCCCc2ccc(F)cc2)c(OC(F)(F)F)c1. The Morgan fingerprint density at radius 1 is 0.879 bits per heavy atom. The van der Waals surface area contributed by atoms with Crippen LogP contribution in [0.3, 0.4) is 0 Å². The number of halogens is 4. The quantitative estimate of drug-likeness (QED) is 0.179. The molecule has 2 rings (SSSR count). The van der Waals surface area contributed by atoms with E-state index in [2.05, 4.69) is 10.1 Å². The van der Waals surface area contributed by atoms with Crippen molar-refractivity contribution >= 4 is 7.60 Å². The maximum atomic E-state index is 12.9. The van der Waals surface area contributed by atoms with Crippen LogP contribution in [-0.2, 0) is 24.0 Å². The zero-order chi connectivity index (χ0) is 24.3. The maximum Gasteiger partial charge on any atom is 0.573 e. The number of nitrogens with one attached hydrogen (secondary N) is 1. The monoisotopic (exact) mass is 491 g/mol. The summed E-state index contributed by atoms with van der Waals surface area (Å²) in [6.07, 6.45) is -0.0721. The Bertz CT molecular complexity index is 900. The first kappa shape index (κ1) is 27.3. The number of ether oxygens (including phenoxy) is 1. The average molecular weight is 491 g/mol. The molecule has 184 valence electrons. The summed E-state index contributed by atoms with van der Waals surface area (Å²) in [6.45, 7) is 0.597. The molecule has 5 nitrogen and oxygen atoms in total. The summed E-state index contributed by atoms with van der Waals surface area (Å²) in [5, 5.41) is 2.97. The van der Waals surface area contributed by atoms with Gasteiger partial charge in [-0.2, -0.15) is 0 Å². The van der Waals surface area contributed by atoms with Crippen molar-refractivity contribution in [3.63, 3.8) is 0 Å². The first-order chi connectivity index (χ1) is 15.5. The minimum atomic E-state index is -4.79. The van der Waals surface area contributed by atoms with Crippen LogP contribution in [0.2, 0.25) is 0 Å². The zero-order valence-corrected chi connectivity index (χ0v) is 19.2. The molecule has 0 atom stereocenters. The van der Waals surface area contributed by atoms with Crippen molar-refractivity contribution in [1.29, 1.82) is 0 Å². The molecule has 0 saturated carbocycles. The minimum absolute atomic E-state index is 0.219. The standard InChI is InChI=1S/C23H30F4NO4P/c24-21-12-9-18(10-13-21)6-3-1-2-4-7-20-11-8-19(16-22(20)32-23(25,26)27)17-28-14-5-15-33(29,30)31/h8-13,16,28H,1-7,14-15,17H2,(H2,29,30,31). The van der Waals surface area contributed by atoms with E-state index in [1.807, 2.05) is 0 Å². The van der Waals surface area contributed by atoms with Gasteiger partial charge >= 0.3 is 14.0 Å². The molecule has 0 aliphatic rings. The van der Waals surface area contributed by atoms with Crippen LogP contribution in [0.4, 0.5) is 17.6 Å². The molecule has 0 unspecified atom stereocenters. The van der Waals surface area contributed by atoms with E-state index in [0.717, 1.165) is 37.7 Å². The number of alkyl halides is 3. The molecule has 0 amide bonds. The van der Waals surface area contributed by atoms with Gasteiger partial charge in [0.25, 0.3) is 0 Å². The smallest absolute Gasteiger partial charge is 0.405 e. The predicted octanol–water partition coefficient (Wildman–Crippen LogP) is 5.73. The third-order valence-corrected chi connectivity index (χ3v) is 5.96. The highest BCUT2D eigenvalue weighted by molar-refractivity contribution is 7.51. The Labute approximate surface area is 191 Å². The second kappa shape index (κ2) is 13.1. The van der Waals surface area contributed by atoms with Crippen molar-refractivity contribution in [3.8, 4) is 5.75 Å². The van der Waals surface area contributed by atoms with Gasteiger partial charge in [0.05, 0.1) is 6.16 Å². The minimum Gasteiger partial charge on any atom is -0.405 e. The molecule has 3 N–H and O–H groups in total. The molecule has 0 aromatic heterocycles. The fourth-order valence-corrected chi connectivity index (χ4v) is 4.00. The van der Waals surface area contributed by atoms with Crippen molar-refractivity contribution < 1.29 is 36.7 Å². The molecule has 0 saturated heterocycles. The Morgan fingerprint density at radius 2 is 1.52 bits per heavy atom. The number of benzene rings is 2. The maximum absolute atomic E-state index is 12.9. The van der Waals surface area contributed by atoms with Gasteiger partial charge in [0.2, 0.25) is 0 Å². The number of unbranched alkanes of at least 4 members (excludes halogenated alkanes) is 3. The largest absolute Gasteiger partial charge is 0.573 e. The summed E-state index contributed by atoms with van der Waals surface area (Å²) >= 11 is 0. The van der Waals surface area contributed by atoms with Crippen LogP contribution in [0, 0.1) is 5.82 Å². The third kappa shape index (κ3) is 12.2. The lowest BCUT2D eigenvalue weighted by Crippen LogP contribution is -2.19. The molecule has 10 heteroatoms. The van der Waals surface area contributed by atoms with Gasteiger partial charge in [-0.05, 0) is 73.5 Å². The molecular weight excluding hydrogens is 461 g/mol. The van der Waals surface area contributed by atoms with Crippen LogP contribution in [-0.4, -0.2) is 28.9 Å². The van der Waals surface area contributed by atoms with E-state index in [1.165, 1.54) is 18.2 Å². The lowest BCUT2D eigenvalue weighted by atomic mass is 10.0. The molecule has 0 bridgehead atoms. The van der Waals surface area contributed by atoms with Crippen LogP contribution in [0.25, 0.3) is 0 Å². The molecule has 0 heterocycles. The average Bonchev–Trinajstić information content (AvgIpc) is 2.71. The molecule has 2 aromatic carbocycles. The van der Waals surface area contributed by atoms with Crippen molar-refractivity contribution in [3.05, 3.63) is 65.0 Å². The van der Waals surface area contributed by atoms with Crippen LogP contribution in [0.1, 0.15) is 48.8 Å². The van der Waals surface area contributed by atoms with Gasteiger partial charge in [-0.25, -0.2) is 4.39 Å². The molecule has 2 aromatic rings. The van der Waals surface area contributed by atoms with Crippen LogP contribution in [0.5, 0.6) is 5.75 Å². The first-order valence-corrected chi connectivity index (χ1v) is 12.7. The topological polar surface area (TPSA) is 78.8 Å². The van der Waals surface area contributed by atoms with E-state index < -0.39 is 14.0 Å². The second-order valence-corrected chi connectivity index (χ2v) is 9.73. The fraction of sp³-hybridized carbons (Fsp3) is 0.478. The second-order valence-electron chi connectivity index (χ2n) is 7.95. The molecule has 0 spiro atoms. The van der Waals surface area contributed by atoms with Crippen LogP contribution >= 0.6 is 7.60 Å². The van der Waals surface area contributed by atoms with Crippen molar-refractivity contribution in [2.45, 2.75) is 57.9 Å². The zero-order valence-electron chi connectivity index (χ0n) is 18.3. The summed E-state index contributed by atoms with van der Waals surface area (Å²) in [7, 11) is -4.05. The Kier molecular flexibility index (Phi) is 10.8. The van der Waals surface area contributed by atoms with Gasteiger partial charge in [-0.1, -0.05) is 37.1 Å². The van der Waals surface area contributed by atoms with Gasteiger partial charge in [0, 0.05) is 6.54 Å². The highest BCUT2D eigenvalue weighted by Gasteiger charge is 2.32. The van der Waals surface area contributed by atoms with E-state index in [1.54, 1.807) is 24.3 Å². The molecule has 33 heavy (non-hydrogen) atoms. The van der Waals surface area contributed by atoms with Gasteiger partial charge in [0.1, 0.15) is 11.6 Å². The molecule has 0 aliphatic carbocycles. The van der Waals surface area contributed by atoms with Crippen molar-refractivity contribution in [1.82, 2.24) is 5.32 Å². The van der Waals surface area contributed by atoms with E-state index in [-0.39, 0.29) is 30.7 Å². The summed E-state index contributed by atoms with van der Waals surface area (Å²) in [6, 6.07) is 11.1. The van der Waals surface area contributed by atoms with Crippen LogP contribution < -0.4 is 10.1 Å². The number of rotatable bonds is 14. The molecule has 0 radical (unpaired) electrons. The molecule has 0 fully saturated rings. The van der Waals surface area contributed by atoms with E-state index in [0.29, 0.717) is 24.1 Å². The van der Waals surface area contributed by atoms with E-state index in [9.17, 15) is 22.1 Å². The van der Waals surface area contributed by atoms with Gasteiger partial charge in [-0.3, -0.25) is 4.57 Å². The first-order valence-electron chi connectivity index (χ1n) is 10.9. The Balaban J connectivity index is 1.80. The lowest BCUT2D eigenvalue weighted by molar-refractivity contribution is -0.274. The van der Waals surface area contributed by atoms with Crippen LogP contribution in [0.15, 0.2) is 42.5 Å². The Hall–Kier alpha value is -1.93. The van der Waals surface area contributed by atoms with E-state index >= 15 is 0 Å². The highest BCUT2D eigenvalue weighted by atomic mass is 31.2. The summed E-state index contributed by atoms with van der Waals surface area (Å²) < 4.78 is 66.6. The third-order valence-electron chi connectivity index (χ3n) is 5.06. The molecule has 0 aliphatic heterocycles. The number of hydrogen-bond donors (Lipinski definition) is 3. The van der Waals surface area contributed by atoms with Crippen molar-refractivity contribution in [2.75, 3.05) is 12.7 Å². The van der Waals surface area contributed by atoms with Crippen molar-refractivity contribution in [2.24, 2.45) is 0 Å². The highest BCUT2D eigenvalue weighted by Crippen LogP contribution is 2.34. The van der Waals surface area contributed by atoms with Gasteiger partial charge < -0.3 is 19.8 Å². The summed E-state index contributed by atoms with van der Waals surface area (Å²) in [4.78, 5) is 17.7. The lowest BCUT2D eigenvalue weighted by Gasteiger charge is -2.15. The van der Waals surface area contributed by atoms with Gasteiger partial charge in [-0.15, -0.1) is 13.2 Å². The molecular formula is C23H30F4NO4P. The number of hydrogen-bond acceptors (Lipinski definition) is 3. The fourth-order valence-electron chi connectivity index (χ4n) is 3.43. The van der Waals surface area contributed by atoms with E-state index in [4.69, 9.17) is 9.79 Å². The predicted molar refractivity (Wildman–Crippen MR) is 119 cm³/mol. The summed E-state index contributed by atoms with van der Waals surface area (Å²) in [5.41, 5.74) is 2.13.